The highest BCUT2D eigenvalue weighted by atomic mass is 19.4. The fraction of sp³-hybridized carbons (Fsp3) is 0.333. The first-order valence-electron chi connectivity index (χ1n) is 5.81. The number of rotatable bonds is 2. The Morgan fingerprint density at radius 2 is 1.95 bits per heavy atom. The Labute approximate surface area is 116 Å². The largest absolute Gasteiger partial charge is 0.420 e. The van der Waals surface area contributed by atoms with Gasteiger partial charge in [-0.25, -0.2) is 9.18 Å². The zero-order valence-electron chi connectivity index (χ0n) is 10.8. The van der Waals surface area contributed by atoms with Crippen molar-refractivity contribution in [2.75, 3.05) is 5.73 Å². The molecule has 1 heterocycles. The van der Waals surface area contributed by atoms with Crippen LogP contribution in [0.25, 0.3) is 0 Å². The van der Waals surface area contributed by atoms with Gasteiger partial charge in [0.25, 0.3) is 5.91 Å². The predicted molar refractivity (Wildman–Crippen MR) is 64.4 cm³/mol. The molecule has 0 spiro atoms. The van der Waals surface area contributed by atoms with Gasteiger partial charge in [-0.3, -0.25) is 9.69 Å². The molecular weight excluding hydrogens is 294 g/mol. The van der Waals surface area contributed by atoms with Crippen molar-refractivity contribution in [3.63, 3.8) is 0 Å². The van der Waals surface area contributed by atoms with E-state index in [1.54, 1.807) is 5.32 Å². The van der Waals surface area contributed by atoms with Gasteiger partial charge in [-0.1, -0.05) is 6.07 Å². The summed E-state index contributed by atoms with van der Waals surface area (Å²) in [6, 6.07) is 2.25. The molecule has 3 amide bonds. The number of hydrogen-bond acceptors (Lipinski definition) is 3. The van der Waals surface area contributed by atoms with Gasteiger partial charge in [0.1, 0.15) is 5.82 Å². The van der Waals surface area contributed by atoms with Crippen molar-refractivity contribution in [3.8, 4) is 0 Å². The molecule has 1 aliphatic rings. The van der Waals surface area contributed by atoms with E-state index in [9.17, 15) is 27.2 Å². The maximum absolute atomic E-state index is 13.6. The third-order valence-corrected chi connectivity index (χ3v) is 3.25. The fourth-order valence-electron chi connectivity index (χ4n) is 1.89. The first kappa shape index (κ1) is 15.1. The van der Waals surface area contributed by atoms with Gasteiger partial charge >= 0.3 is 12.2 Å². The lowest BCUT2D eigenvalue weighted by molar-refractivity contribution is -0.191. The highest BCUT2D eigenvalue weighted by molar-refractivity contribution is 6.07. The van der Waals surface area contributed by atoms with E-state index in [2.05, 4.69) is 0 Å². The van der Waals surface area contributed by atoms with Gasteiger partial charge in [-0.05, 0) is 19.1 Å². The first-order valence-corrected chi connectivity index (χ1v) is 5.81. The van der Waals surface area contributed by atoms with Crippen molar-refractivity contribution in [2.45, 2.75) is 25.2 Å². The minimum atomic E-state index is -4.95. The quantitative estimate of drug-likeness (QED) is 0.497. The van der Waals surface area contributed by atoms with Crippen molar-refractivity contribution >= 4 is 17.6 Å². The minimum absolute atomic E-state index is 0.112. The van der Waals surface area contributed by atoms with E-state index in [1.807, 2.05) is 0 Å². The molecule has 0 radical (unpaired) electrons. The normalized spacial score (nSPS) is 22.6. The molecule has 1 saturated heterocycles. The number of anilines is 1. The molecule has 1 aliphatic heterocycles. The van der Waals surface area contributed by atoms with Crippen molar-refractivity contribution in [2.24, 2.45) is 0 Å². The van der Waals surface area contributed by atoms with E-state index in [-0.39, 0.29) is 11.3 Å². The Balaban J connectivity index is 2.30. The Morgan fingerprint density at radius 1 is 1.33 bits per heavy atom. The second kappa shape index (κ2) is 4.61. The monoisotopic (exact) mass is 305 g/mol. The van der Waals surface area contributed by atoms with Gasteiger partial charge < -0.3 is 11.1 Å². The van der Waals surface area contributed by atoms with Crippen molar-refractivity contribution in [3.05, 3.63) is 29.6 Å². The molecule has 1 unspecified atom stereocenters. The van der Waals surface area contributed by atoms with Crippen LogP contribution < -0.4 is 11.1 Å². The number of halogens is 4. The van der Waals surface area contributed by atoms with Crippen molar-refractivity contribution < 1.29 is 27.2 Å². The van der Waals surface area contributed by atoms with Gasteiger partial charge in [0.2, 0.25) is 5.54 Å². The highest BCUT2D eigenvalue weighted by Gasteiger charge is 2.64. The van der Waals surface area contributed by atoms with Gasteiger partial charge in [-0.2, -0.15) is 13.2 Å². The Morgan fingerprint density at radius 3 is 2.43 bits per heavy atom. The molecule has 3 N–H and O–H groups in total. The molecule has 0 aromatic heterocycles. The summed E-state index contributed by atoms with van der Waals surface area (Å²) in [6.07, 6.45) is -4.95. The van der Waals surface area contributed by atoms with Crippen LogP contribution in [0.15, 0.2) is 18.2 Å². The number of amides is 3. The number of carbonyl (C=O) groups excluding carboxylic acids is 2. The molecule has 1 aromatic rings. The van der Waals surface area contributed by atoms with Crippen molar-refractivity contribution in [1.82, 2.24) is 10.2 Å². The lowest BCUT2D eigenvalue weighted by Gasteiger charge is -2.24. The Kier molecular flexibility index (Phi) is 3.31. The summed E-state index contributed by atoms with van der Waals surface area (Å²) in [4.78, 5) is 23.7. The maximum atomic E-state index is 13.6. The van der Waals surface area contributed by atoms with Gasteiger partial charge in [0, 0.05) is 11.3 Å². The summed E-state index contributed by atoms with van der Waals surface area (Å²) in [7, 11) is 0. The summed E-state index contributed by atoms with van der Waals surface area (Å²) in [5.41, 5.74) is 2.34. The van der Waals surface area contributed by atoms with E-state index in [0.717, 1.165) is 6.07 Å². The lowest BCUT2D eigenvalue weighted by Crippen LogP contribution is -2.56. The number of benzene rings is 1. The standard InChI is InChI=1S/C12H11F4N3O2/c1-11(12(14,15)16)9(20)19(10(21)18-11)5-6-2-3-7(17)4-8(6)13/h2-4H,5,17H2,1H3,(H,18,21). The summed E-state index contributed by atoms with van der Waals surface area (Å²) >= 11 is 0. The van der Waals surface area contributed by atoms with E-state index in [4.69, 9.17) is 5.73 Å². The second-order valence-electron chi connectivity index (χ2n) is 4.80. The summed E-state index contributed by atoms with van der Waals surface area (Å²) in [6.45, 7) is -0.0466. The number of nitrogens with one attached hydrogen (secondary N) is 1. The molecule has 1 atom stereocenters. The molecule has 114 valence electrons. The molecular formula is C12H11F4N3O2. The second-order valence-corrected chi connectivity index (χ2v) is 4.80. The zero-order valence-corrected chi connectivity index (χ0v) is 10.8. The molecule has 1 aromatic carbocycles. The summed E-state index contributed by atoms with van der Waals surface area (Å²) < 4.78 is 52.2. The number of alkyl halides is 3. The fourth-order valence-corrected chi connectivity index (χ4v) is 1.89. The Bertz CT molecular complexity index is 617. The molecule has 5 nitrogen and oxygen atoms in total. The van der Waals surface area contributed by atoms with Crippen LogP contribution >= 0.6 is 0 Å². The van der Waals surface area contributed by atoms with Gasteiger partial charge in [-0.15, -0.1) is 0 Å². The number of nitrogens with two attached hydrogens (primary N) is 1. The van der Waals surface area contributed by atoms with E-state index < -0.39 is 36.0 Å². The number of nitrogen functional groups attached to an aromatic ring is 1. The number of hydrogen-bond donors (Lipinski definition) is 2. The zero-order chi connectivity index (χ0) is 16.0. The third-order valence-electron chi connectivity index (χ3n) is 3.25. The van der Waals surface area contributed by atoms with E-state index in [1.165, 1.54) is 12.1 Å². The number of carbonyl (C=O) groups is 2. The molecule has 21 heavy (non-hydrogen) atoms. The molecule has 1 fully saturated rings. The smallest absolute Gasteiger partial charge is 0.399 e. The third kappa shape index (κ3) is 2.39. The van der Waals surface area contributed by atoms with Gasteiger partial charge in [0.15, 0.2) is 0 Å². The van der Waals surface area contributed by atoms with Crippen LogP contribution in [0.1, 0.15) is 12.5 Å². The van der Waals surface area contributed by atoms with E-state index >= 15 is 0 Å². The first-order chi connectivity index (χ1) is 9.56. The average molecular weight is 305 g/mol. The summed E-state index contributed by atoms with van der Waals surface area (Å²) in [5, 5.41) is 1.59. The van der Waals surface area contributed by atoms with Crippen LogP contribution in [0, 0.1) is 5.82 Å². The molecule has 0 saturated carbocycles. The predicted octanol–water partition coefficient (Wildman–Crippen LogP) is 1.78. The SMILES string of the molecule is CC1(C(F)(F)F)NC(=O)N(Cc2ccc(N)cc2F)C1=O. The number of urea groups is 1. The number of imide groups is 1. The topological polar surface area (TPSA) is 75.4 Å². The van der Waals surface area contributed by atoms with Crippen molar-refractivity contribution in [1.29, 1.82) is 0 Å². The molecule has 0 aliphatic carbocycles. The van der Waals surface area contributed by atoms with Crippen LogP contribution in [-0.2, 0) is 11.3 Å². The van der Waals surface area contributed by atoms with E-state index in [0.29, 0.717) is 11.8 Å². The van der Waals surface area contributed by atoms with Crippen LogP contribution in [0.4, 0.5) is 28.0 Å². The molecule has 0 bridgehead atoms. The summed E-state index contributed by atoms with van der Waals surface area (Å²) in [5.74, 6) is -2.28. The highest BCUT2D eigenvalue weighted by Crippen LogP contribution is 2.35. The van der Waals surface area contributed by atoms with Crippen LogP contribution in [0.2, 0.25) is 0 Å². The van der Waals surface area contributed by atoms with Crippen LogP contribution in [-0.4, -0.2) is 28.6 Å². The lowest BCUT2D eigenvalue weighted by atomic mass is 10.0. The maximum Gasteiger partial charge on any atom is 0.420 e. The van der Waals surface area contributed by atoms with Crippen LogP contribution in [0.3, 0.4) is 0 Å². The molecule has 2 rings (SSSR count). The Hall–Kier alpha value is -2.32. The van der Waals surface area contributed by atoms with Gasteiger partial charge in [0.05, 0.1) is 6.54 Å². The minimum Gasteiger partial charge on any atom is -0.399 e. The van der Waals surface area contributed by atoms with Crippen LogP contribution in [0.5, 0.6) is 0 Å². The number of nitrogens with zero attached hydrogens (tertiary/aromatic N) is 1. The molecule has 9 heteroatoms. The average Bonchev–Trinajstić information content (AvgIpc) is 2.56.